The predicted molar refractivity (Wildman–Crippen MR) is 76.4 cm³/mol. The first kappa shape index (κ1) is 17.1. The van der Waals surface area contributed by atoms with Crippen LogP contribution in [0.2, 0.25) is 0 Å². The van der Waals surface area contributed by atoms with E-state index in [-0.39, 0.29) is 22.1 Å². The zero-order valence-electron chi connectivity index (χ0n) is 12.1. The summed E-state index contributed by atoms with van der Waals surface area (Å²) in [5.41, 5.74) is 0.318. The summed E-state index contributed by atoms with van der Waals surface area (Å²) in [5.74, 6) is -0.625. The Bertz CT molecular complexity index is 558. The summed E-state index contributed by atoms with van der Waals surface area (Å²) in [6.45, 7) is 4.91. The molecule has 6 heteroatoms. The smallest absolute Gasteiger partial charge is 0.241 e. The maximum Gasteiger partial charge on any atom is 0.241 e. The Kier molecular flexibility index (Phi) is 6.10. The molecule has 0 saturated carbocycles. The third kappa shape index (κ3) is 4.01. The van der Waals surface area contributed by atoms with Gasteiger partial charge in [0.25, 0.3) is 0 Å². The molecular weight excluding hydrogens is 281 g/mol. The fourth-order valence-corrected chi connectivity index (χ4v) is 3.71. The Labute approximate surface area is 120 Å². The molecule has 1 unspecified atom stereocenters. The second-order valence-electron chi connectivity index (χ2n) is 4.87. The van der Waals surface area contributed by atoms with Crippen LogP contribution in [0.25, 0.3) is 0 Å². The van der Waals surface area contributed by atoms with Crippen LogP contribution < -0.4 is 4.72 Å². The van der Waals surface area contributed by atoms with Crippen molar-refractivity contribution in [2.24, 2.45) is 0 Å². The van der Waals surface area contributed by atoms with E-state index in [1.807, 2.05) is 13.8 Å². The Morgan fingerprint density at radius 1 is 1.35 bits per heavy atom. The monoisotopic (exact) mass is 303 g/mol. The molecule has 1 aromatic carbocycles. The van der Waals surface area contributed by atoms with E-state index in [4.69, 9.17) is 5.11 Å². The fraction of sp³-hybridized carbons (Fsp3) is 0.571. The molecule has 0 aromatic heterocycles. The third-order valence-electron chi connectivity index (χ3n) is 3.28. The lowest BCUT2D eigenvalue weighted by atomic mass is 10.1. The molecule has 0 fully saturated rings. The van der Waals surface area contributed by atoms with Gasteiger partial charge in [0, 0.05) is 11.6 Å². The van der Waals surface area contributed by atoms with Crippen LogP contribution in [0.1, 0.15) is 44.2 Å². The molecule has 0 heterocycles. The minimum atomic E-state index is -3.78. The van der Waals surface area contributed by atoms with E-state index < -0.39 is 22.4 Å². The molecule has 1 atom stereocenters. The number of hydrogen-bond donors (Lipinski definition) is 2. The van der Waals surface area contributed by atoms with E-state index in [0.29, 0.717) is 6.42 Å². The van der Waals surface area contributed by atoms with Gasteiger partial charge >= 0.3 is 0 Å². The van der Waals surface area contributed by atoms with Crippen molar-refractivity contribution in [3.63, 3.8) is 0 Å². The summed E-state index contributed by atoms with van der Waals surface area (Å²) in [6.07, 6.45) is 2.27. The van der Waals surface area contributed by atoms with Crippen LogP contribution in [0.5, 0.6) is 0 Å². The lowest BCUT2D eigenvalue weighted by Crippen LogP contribution is -2.34. The predicted octanol–water partition coefficient (Wildman–Crippen LogP) is 2.48. The first-order valence-corrected chi connectivity index (χ1v) is 8.26. The quantitative estimate of drug-likeness (QED) is 0.813. The van der Waals surface area contributed by atoms with Gasteiger partial charge in [-0.25, -0.2) is 17.5 Å². The number of sulfonamides is 1. The van der Waals surface area contributed by atoms with Gasteiger partial charge in [0.2, 0.25) is 10.0 Å². The van der Waals surface area contributed by atoms with Crippen molar-refractivity contribution in [2.45, 2.75) is 57.6 Å². The Hall–Kier alpha value is -0.980. The van der Waals surface area contributed by atoms with E-state index in [9.17, 15) is 12.8 Å². The number of benzene rings is 1. The summed E-state index contributed by atoms with van der Waals surface area (Å²) in [4.78, 5) is -0.101. The molecule has 0 saturated heterocycles. The summed E-state index contributed by atoms with van der Waals surface area (Å²) in [7, 11) is -3.78. The first-order valence-electron chi connectivity index (χ1n) is 6.77. The van der Waals surface area contributed by atoms with Gasteiger partial charge < -0.3 is 5.11 Å². The van der Waals surface area contributed by atoms with Crippen LogP contribution in [0, 0.1) is 12.7 Å². The average Bonchev–Trinajstić information content (AvgIpc) is 2.40. The Balaban J connectivity index is 3.18. The normalized spacial score (nSPS) is 13.4. The number of aliphatic hydroxyl groups excluding tert-OH is 1. The highest BCUT2D eigenvalue weighted by atomic mass is 32.2. The Morgan fingerprint density at radius 2 is 2.00 bits per heavy atom. The molecule has 20 heavy (non-hydrogen) atoms. The molecule has 0 radical (unpaired) electrons. The highest BCUT2D eigenvalue weighted by Crippen LogP contribution is 2.21. The van der Waals surface area contributed by atoms with Gasteiger partial charge in [0.15, 0.2) is 0 Å². The van der Waals surface area contributed by atoms with Crippen LogP contribution >= 0.6 is 0 Å². The van der Waals surface area contributed by atoms with Crippen molar-refractivity contribution in [2.75, 3.05) is 0 Å². The Morgan fingerprint density at radius 3 is 2.50 bits per heavy atom. The van der Waals surface area contributed by atoms with Gasteiger partial charge in [0.1, 0.15) is 5.82 Å². The molecule has 0 bridgehead atoms. The zero-order valence-corrected chi connectivity index (χ0v) is 12.9. The second-order valence-corrected chi connectivity index (χ2v) is 6.56. The van der Waals surface area contributed by atoms with E-state index in [1.54, 1.807) is 0 Å². The molecule has 1 rings (SSSR count). The van der Waals surface area contributed by atoms with Gasteiger partial charge in [-0.05, 0) is 37.5 Å². The van der Waals surface area contributed by atoms with Crippen molar-refractivity contribution >= 4 is 10.0 Å². The zero-order chi connectivity index (χ0) is 15.3. The minimum absolute atomic E-state index is 0.0704. The second kappa shape index (κ2) is 7.15. The SMILES string of the molecule is CCCC(CC)NS(=O)(=O)c1cc(CO)cc(F)c1C. The van der Waals surface area contributed by atoms with Crippen LogP contribution in [0.3, 0.4) is 0 Å². The largest absolute Gasteiger partial charge is 0.392 e. The molecule has 114 valence electrons. The number of hydrogen-bond acceptors (Lipinski definition) is 3. The summed E-state index contributed by atoms with van der Waals surface area (Å²) < 4.78 is 41.0. The van der Waals surface area contributed by atoms with Crippen molar-refractivity contribution in [1.29, 1.82) is 0 Å². The van der Waals surface area contributed by atoms with Gasteiger partial charge in [-0.1, -0.05) is 20.3 Å². The van der Waals surface area contributed by atoms with Crippen LogP contribution in [0.15, 0.2) is 17.0 Å². The molecule has 0 amide bonds. The summed E-state index contributed by atoms with van der Waals surface area (Å²) in [5, 5.41) is 9.07. The van der Waals surface area contributed by atoms with Crippen molar-refractivity contribution < 1.29 is 17.9 Å². The lowest BCUT2D eigenvalue weighted by molar-refractivity contribution is 0.281. The van der Waals surface area contributed by atoms with Crippen molar-refractivity contribution in [3.05, 3.63) is 29.1 Å². The summed E-state index contributed by atoms with van der Waals surface area (Å²) in [6, 6.07) is 2.31. The number of halogens is 1. The van der Waals surface area contributed by atoms with Crippen molar-refractivity contribution in [3.8, 4) is 0 Å². The maximum absolute atomic E-state index is 13.7. The highest BCUT2D eigenvalue weighted by molar-refractivity contribution is 7.89. The summed E-state index contributed by atoms with van der Waals surface area (Å²) >= 11 is 0. The topological polar surface area (TPSA) is 66.4 Å². The molecule has 0 aliphatic carbocycles. The highest BCUT2D eigenvalue weighted by Gasteiger charge is 2.22. The maximum atomic E-state index is 13.7. The molecule has 0 aliphatic rings. The van der Waals surface area contributed by atoms with Gasteiger partial charge in [-0.2, -0.15) is 0 Å². The number of aliphatic hydroxyl groups is 1. The van der Waals surface area contributed by atoms with E-state index in [1.165, 1.54) is 13.0 Å². The van der Waals surface area contributed by atoms with Crippen LogP contribution in [-0.4, -0.2) is 19.6 Å². The molecule has 0 spiro atoms. The van der Waals surface area contributed by atoms with Gasteiger partial charge in [-0.3, -0.25) is 0 Å². The molecule has 2 N–H and O–H groups in total. The molecular formula is C14H22FNO3S. The standard InChI is InChI=1S/C14H22FNO3S/c1-4-6-12(5-2)16-20(18,19)14-8-11(9-17)7-13(15)10(14)3/h7-8,12,16-17H,4-6,9H2,1-3H3. The van der Waals surface area contributed by atoms with Crippen LogP contribution in [-0.2, 0) is 16.6 Å². The average molecular weight is 303 g/mol. The van der Waals surface area contributed by atoms with Crippen molar-refractivity contribution in [1.82, 2.24) is 4.72 Å². The number of nitrogens with one attached hydrogen (secondary N) is 1. The van der Waals surface area contributed by atoms with Gasteiger partial charge in [0.05, 0.1) is 11.5 Å². The van der Waals surface area contributed by atoms with E-state index >= 15 is 0 Å². The lowest BCUT2D eigenvalue weighted by Gasteiger charge is -2.18. The third-order valence-corrected chi connectivity index (χ3v) is 4.93. The minimum Gasteiger partial charge on any atom is -0.392 e. The number of rotatable bonds is 7. The van der Waals surface area contributed by atoms with Crippen LogP contribution in [0.4, 0.5) is 4.39 Å². The van der Waals surface area contributed by atoms with E-state index in [0.717, 1.165) is 18.9 Å². The van der Waals surface area contributed by atoms with E-state index in [2.05, 4.69) is 4.72 Å². The fourth-order valence-electron chi connectivity index (χ4n) is 2.06. The van der Waals surface area contributed by atoms with Gasteiger partial charge in [-0.15, -0.1) is 0 Å². The first-order chi connectivity index (χ1) is 9.35. The molecule has 1 aromatic rings. The molecule has 0 aliphatic heterocycles. The molecule has 4 nitrogen and oxygen atoms in total.